The molecule has 0 aliphatic heterocycles. The van der Waals surface area contributed by atoms with Crippen LogP contribution in [0.1, 0.15) is 9.80 Å². The highest BCUT2D eigenvalue weighted by Crippen LogP contribution is 2.26. The van der Waals surface area contributed by atoms with E-state index in [1.165, 1.54) is 18.2 Å². The minimum Gasteiger partial charge on any atom is -0.476 e. The molecule has 2 rings (SSSR count). The van der Waals surface area contributed by atoms with Crippen LogP contribution < -0.4 is 0 Å². The van der Waals surface area contributed by atoms with Gasteiger partial charge in [-0.25, -0.2) is 14.2 Å². The molecule has 0 amide bonds. The smallest absolute Gasteiger partial charge is 0.365 e. The second kappa shape index (κ2) is 4.19. The molecule has 3 nitrogen and oxygen atoms in total. The van der Waals surface area contributed by atoms with E-state index in [0.29, 0.717) is 11.3 Å². The Morgan fingerprint density at radius 2 is 2.25 bits per heavy atom. The van der Waals surface area contributed by atoms with Crippen LogP contribution in [0.3, 0.4) is 0 Å². The Kier molecular flexibility index (Phi) is 2.89. The van der Waals surface area contributed by atoms with E-state index < -0.39 is 11.8 Å². The fourth-order valence-electron chi connectivity index (χ4n) is 1.16. The quantitative estimate of drug-likeness (QED) is 0.898. The summed E-state index contributed by atoms with van der Waals surface area (Å²) in [6.07, 6.45) is 0. The number of hydrogen-bond donors (Lipinski definition) is 1. The Morgan fingerprint density at radius 3 is 2.81 bits per heavy atom. The lowest BCUT2D eigenvalue weighted by Crippen LogP contribution is -1.94. The molecule has 0 aliphatic rings. The van der Waals surface area contributed by atoms with Crippen LogP contribution in [0.15, 0.2) is 23.6 Å². The third kappa shape index (κ3) is 2.05. The monoisotopic (exact) mass is 257 g/mol. The molecule has 0 saturated heterocycles. The predicted octanol–water partition coefficient (Wildman–Crippen LogP) is 3.30. The van der Waals surface area contributed by atoms with Gasteiger partial charge in [0.2, 0.25) is 5.01 Å². The number of carboxylic acids is 1. The summed E-state index contributed by atoms with van der Waals surface area (Å²) < 4.78 is 12.9. The van der Waals surface area contributed by atoms with Gasteiger partial charge in [-0.15, -0.1) is 11.3 Å². The summed E-state index contributed by atoms with van der Waals surface area (Å²) >= 11 is 6.63. The van der Waals surface area contributed by atoms with Gasteiger partial charge in [-0.05, 0) is 18.2 Å². The average Bonchev–Trinajstić information content (AvgIpc) is 2.71. The summed E-state index contributed by atoms with van der Waals surface area (Å²) in [4.78, 5) is 14.5. The van der Waals surface area contributed by atoms with Crippen molar-refractivity contribution < 1.29 is 14.3 Å². The number of carboxylic acid groups (broad SMARTS) is 1. The molecular weight excluding hydrogens is 253 g/mol. The van der Waals surface area contributed by atoms with E-state index in [2.05, 4.69) is 4.98 Å². The van der Waals surface area contributed by atoms with Crippen molar-refractivity contribution in [2.45, 2.75) is 0 Å². The third-order valence-corrected chi connectivity index (χ3v) is 3.02. The van der Waals surface area contributed by atoms with E-state index in [1.54, 1.807) is 5.38 Å². The van der Waals surface area contributed by atoms with Crippen LogP contribution in [0.2, 0.25) is 5.02 Å². The van der Waals surface area contributed by atoms with Crippen LogP contribution in [0.5, 0.6) is 0 Å². The second-order valence-corrected chi connectivity index (χ2v) is 4.24. The van der Waals surface area contributed by atoms with Gasteiger partial charge in [0.15, 0.2) is 0 Å². The summed E-state index contributed by atoms with van der Waals surface area (Å²) in [5.41, 5.74) is 1.07. The minimum absolute atomic E-state index is 0.00422. The Balaban J connectivity index is 2.42. The van der Waals surface area contributed by atoms with Gasteiger partial charge in [0.05, 0.1) is 10.7 Å². The summed E-state index contributed by atoms with van der Waals surface area (Å²) in [6, 6.07) is 4.14. The number of nitrogens with zero attached hydrogens (tertiary/aromatic N) is 1. The number of benzene rings is 1. The molecule has 16 heavy (non-hydrogen) atoms. The largest absolute Gasteiger partial charge is 0.476 e. The molecule has 0 unspecified atom stereocenters. The average molecular weight is 258 g/mol. The highest BCUT2D eigenvalue weighted by Gasteiger charge is 2.11. The van der Waals surface area contributed by atoms with Gasteiger partial charge < -0.3 is 5.11 Å². The van der Waals surface area contributed by atoms with Gasteiger partial charge in [-0.1, -0.05) is 11.6 Å². The summed E-state index contributed by atoms with van der Waals surface area (Å²) in [5.74, 6) is -1.59. The Morgan fingerprint density at radius 1 is 1.50 bits per heavy atom. The molecule has 0 aliphatic carbocycles. The molecule has 6 heteroatoms. The third-order valence-electron chi connectivity index (χ3n) is 1.90. The molecule has 1 N–H and O–H groups in total. The molecule has 0 atom stereocenters. The maximum atomic E-state index is 12.9. The lowest BCUT2D eigenvalue weighted by atomic mass is 10.2. The van der Waals surface area contributed by atoms with Crippen LogP contribution in [0.25, 0.3) is 11.3 Å². The highest BCUT2D eigenvalue weighted by molar-refractivity contribution is 7.11. The highest BCUT2D eigenvalue weighted by atomic mass is 35.5. The normalized spacial score (nSPS) is 10.4. The van der Waals surface area contributed by atoms with Gasteiger partial charge in [0.25, 0.3) is 0 Å². The number of aromatic carboxylic acids is 1. The first-order chi connectivity index (χ1) is 7.58. The van der Waals surface area contributed by atoms with E-state index in [9.17, 15) is 9.18 Å². The number of rotatable bonds is 2. The molecule has 0 bridgehead atoms. The maximum absolute atomic E-state index is 12.9. The van der Waals surface area contributed by atoms with Gasteiger partial charge in [-0.2, -0.15) is 0 Å². The zero-order valence-electron chi connectivity index (χ0n) is 7.78. The number of carbonyl (C=O) groups is 1. The van der Waals surface area contributed by atoms with Gasteiger partial charge >= 0.3 is 5.97 Å². The topological polar surface area (TPSA) is 50.2 Å². The summed E-state index contributed by atoms with van der Waals surface area (Å²) in [7, 11) is 0. The first kappa shape index (κ1) is 11.0. The molecule has 1 aromatic carbocycles. The van der Waals surface area contributed by atoms with Crippen LogP contribution in [0.4, 0.5) is 4.39 Å². The Bertz CT molecular complexity index is 556. The number of aromatic nitrogens is 1. The molecule has 0 saturated carbocycles. The van der Waals surface area contributed by atoms with E-state index in [-0.39, 0.29) is 10.0 Å². The lowest BCUT2D eigenvalue weighted by molar-refractivity contribution is 0.0696. The van der Waals surface area contributed by atoms with Crippen LogP contribution >= 0.6 is 22.9 Å². The van der Waals surface area contributed by atoms with E-state index in [0.717, 1.165) is 11.3 Å². The zero-order valence-corrected chi connectivity index (χ0v) is 9.35. The van der Waals surface area contributed by atoms with Crippen molar-refractivity contribution in [3.05, 3.63) is 39.4 Å². The molecule has 2 aromatic rings. The SMILES string of the molecule is O=C(O)c1nc(-c2ccc(F)c(Cl)c2)cs1. The Labute approximate surface area is 99.1 Å². The molecule has 1 aromatic heterocycles. The molecule has 1 heterocycles. The van der Waals surface area contributed by atoms with Gasteiger partial charge in [0.1, 0.15) is 5.82 Å². The summed E-state index contributed by atoms with van der Waals surface area (Å²) in [5, 5.41) is 10.3. The lowest BCUT2D eigenvalue weighted by Gasteiger charge is -1.98. The van der Waals surface area contributed by atoms with Crippen molar-refractivity contribution in [1.29, 1.82) is 0 Å². The minimum atomic E-state index is -1.08. The van der Waals surface area contributed by atoms with Crippen LogP contribution in [-0.2, 0) is 0 Å². The first-order valence-electron chi connectivity index (χ1n) is 4.22. The van der Waals surface area contributed by atoms with Crippen molar-refractivity contribution >= 4 is 28.9 Å². The van der Waals surface area contributed by atoms with Crippen molar-refractivity contribution in [3.63, 3.8) is 0 Å². The fraction of sp³-hybridized carbons (Fsp3) is 0. The molecule has 82 valence electrons. The van der Waals surface area contributed by atoms with Crippen molar-refractivity contribution in [1.82, 2.24) is 4.98 Å². The van der Waals surface area contributed by atoms with Crippen LogP contribution in [0, 0.1) is 5.82 Å². The summed E-state index contributed by atoms with van der Waals surface area (Å²) in [6.45, 7) is 0. The zero-order chi connectivity index (χ0) is 11.7. The number of halogens is 2. The molecule has 0 fully saturated rings. The fourth-order valence-corrected chi connectivity index (χ4v) is 2.00. The molecule has 0 radical (unpaired) electrons. The van der Waals surface area contributed by atoms with E-state index >= 15 is 0 Å². The number of thiazole rings is 1. The predicted molar refractivity (Wildman–Crippen MR) is 59.5 cm³/mol. The molecular formula is C10H5ClFNO2S. The van der Waals surface area contributed by atoms with Crippen molar-refractivity contribution in [3.8, 4) is 11.3 Å². The van der Waals surface area contributed by atoms with Crippen molar-refractivity contribution in [2.24, 2.45) is 0 Å². The second-order valence-electron chi connectivity index (χ2n) is 2.97. The number of hydrogen-bond acceptors (Lipinski definition) is 3. The van der Waals surface area contributed by atoms with Crippen molar-refractivity contribution in [2.75, 3.05) is 0 Å². The van der Waals surface area contributed by atoms with Gasteiger partial charge in [-0.3, -0.25) is 0 Å². The Hall–Kier alpha value is -1.46. The maximum Gasteiger partial charge on any atom is 0.365 e. The van der Waals surface area contributed by atoms with Gasteiger partial charge in [0, 0.05) is 10.9 Å². The standard InChI is InChI=1S/C10H5ClFNO2S/c11-6-3-5(1-2-7(6)12)8-4-16-9(13-8)10(14)15/h1-4H,(H,14,15). The van der Waals surface area contributed by atoms with Crippen LogP contribution in [-0.4, -0.2) is 16.1 Å². The first-order valence-corrected chi connectivity index (χ1v) is 5.48. The van der Waals surface area contributed by atoms with E-state index in [4.69, 9.17) is 16.7 Å². The van der Waals surface area contributed by atoms with E-state index in [1.807, 2.05) is 0 Å². The molecule has 0 spiro atoms.